The molecule has 1 aromatic carbocycles. The molecular formula is C15H20N2O3S. The second-order valence-corrected chi connectivity index (χ2v) is 5.90. The first kappa shape index (κ1) is 15.9. The number of nitrogen functional groups attached to an aromatic ring is 1. The molecule has 6 heteroatoms. The minimum absolute atomic E-state index is 0.189. The van der Waals surface area contributed by atoms with Crippen molar-refractivity contribution in [1.82, 2.24) is 5.43 Å². The van der Waals surface area contributed by atoms with Crippen LogP contribution in [-0.2, 0) is 16.1 Å². The number of hydrazine groups is 1. The molecule has 2 rings (SSSR count). The molecule has 0 radical (unpaired) electrons. The van der Waals surface area contributed by atoms with Crippen LogP contribution in [0.1, 0.15) is 29.1 Å². The van der Waals surface area contributed by atoms with E-state index in [9.17, 15) is 4.79 Å². The highest BCUT2D eigenvalue weighted by atomic mass is 32.1. The standard InChI is InChI=1S/C15H20N2O3S/c1-10(2)20-8-7-19-9-12-11-5-3-4-6-13(11)21-14(12)15(18)17-16/h3-6,10H,7-9,16H2,1-2H3,(H,17,18). The maximum atomic E-state index is 11.9. The number of nitrogens with two attached hydrogens (primary N) is 1. The normalized spacial score (nSPS) is 11.2. The van der Waals surface area contributed by atoms with E-state index in [0.29, 0.717) is 24.7 Å². The number of hydrogen-bond donors (Lipinski definition) is 2. The van der Waals surface area contributed by atoms with Crippen molar-refractivity contribution in [3.05, 3.63) is 34.7 Å². The van der Waals surface area contributed by atoms with Crippen LogP contribution in [0.4, 0.5) is 0 Å². The van der Waals surface area contributed by atoms with Crippen molar-refractivity contribution >= 4 is 27.3 Å². The lowest BCUT2D eigenvalue weighted by Gasteiger charge is -2.09. The summed E-state index contributed by atoms with van der Waals surface area (Å²) in [6.07, 6.45) is 0.189. The Bertz CT molecular complexity index is 610. The highest BCUT2D eigenvalue weighted by molar-refractivity contribution is 7.21. The molecule has 0 aliphatic rings. The predicted octanol–water partition coefficient (Wildman–Crippen LogP) is 2.45. The molecule has 21 heavy (non-hydrogen) atoms. The highest BCUT2D eigenvalue weighted by Crippen LogP contribution is 2.31. The molecule has 5 nitrogen and oxygen atoms in total. The fraction of sp³-hybridized carbons (Fsp3) is 0.400. The Kier molecular flexibility index (Phi) is 5.69. The number of fused-ring (bicyclic) bond motifs is 1. The molecule has 0 saturated heterocycles. The van der Waals surface area contributed by atoms with E-state index in [1.807, 2.05) is 38.1 Å². The fourth-order valence-electron chi connectivity index (χ4n) is 2.01. The zero-order valence-electron chi connectivity index (χ0n) is 12.2. The van der Waals surface area contributed by atoms with Gasteiger partial charge in [0.25, 0.3) is 5.91 Å². The van der Waals surface area contributed by atoms with Crippen LogP contribution in [-0.4, -0.2) is 25.2 Å². The number of amides is 1. The lowest BCUT2D eigenvalue weighted by atomic mass is 10.1. The second-order valence-electron chi connectivity index (χ2n) is 4.85. The third-order valence-electron chi connectivity index (χ3n) is 2.96. The molecule has 0 aliphatic heterocycles. The molecule has 1 heterocycles. The van der Waals surface area contributed by atoms with Crippen LogP contribution in [0.2, 0.25) is 0 Å². The summed E-state index contributed by atoms with van der Waals surface area (Å²) < 4.78 is 12.1. The highest BCUT2D eigenvalue weighted by Gasteiger charge is 2.17. The molecule has 1 aromatic heterocycles. The Morgan fingerprint density at radius 3 is 2.81 bits per heavy atom. The summed E-state index contributed by atoms with van der Waals surface area (Å²) in [5, 5.41) is 1.03. The van der Waals surface area contributed by atoms with Gasteiger partial charge in [0.05, 0.1) is 30.8 Å². The molecule has 0 aliphatic carbocycles. The van der Waals surface area contributed by atoms with Crippen LogP contribution in [0.3, 0.4) is 0 Å². The van der Waals surface area contributed by atoms with Crippen molar-refractivity contribution in [2.45, 2.75) is 26.6 Å². The lowest BCUT2D eigenvalue weighted by Crippen LogP contribution is -2.30. The molecule has 0 spiro atoms. The van der Waals surface area contributed by atoms with Gasteiger partial charge in [-0.2, -0.15) is 0 Å². The summed E-state index contributed by atoms with van der Waals surface area (Å²) in [6.45, 7) is 5.37. The number of carbonyl (C=O) groups is 1. The van der Waals surface area contributed by atoms with Crippen molar-refractivity contribution in [3.8, 4) is 0 Å². The molecule has 0 unspecified atom stereocenters. The largest absolute Gasteiger partial charge is 0.376 e. The first-order valence-electron chi connectivity index (χ1n) is 6.84. The third-order valence-corrected chi connectivity index (χ3v) is 4.17. The quantitative estimate of drug-likeness (QED) is 0.357. The van der Waals surface area contributed by atoms with Gasteiger partial charge in [-0.15, -0.1) is 11.3 Å². The van der Waals surface area contributed by atoms with Crippen molar-refractivity contribution in [2.75, 3.05) is 13.2 Å². The molecule has 0 saturated carbocycles. The fourth-order valence-corrected chi connectivity index (χ4v) is 3.12. The minimum Gasteiger partial charge on any atom is -0.376 e. The van der Waals surface area contributed by atoms with Gasteiger partial charge in [0.1, 0.15) is 0 Å². The van der Waals surface area contributed by atoms with E-state index >= 15 is 0 Å². The molecular weight excluding hydrogens is 288 g/mol. The lowest BCUT2D eigenvalue weighted by molar-refractivity contribution is 0.0145. The number of thiophene rings is 1. The van der Waals surface area contributed by atoms with Crippen molar-refractivity contribution in [3.63, 3.8) is 0 Å². The van der Waals surface area contributed by atoms with E-state index in [-0.39, 0.29) is 12.0 Å². The summed E-state index contributed by atoms with van der Waals surface area (Å²) in [4.78, 5) is 12.5. The topological polar surface area (TPSA) is 73.6 Å². The van der Waals surface area contributed by atoms with Crippen LogP contribution in [0.5, 0.6) is 0 Å². The van der Waals surface area contributed by atoms with Crippen LogP contribution < -0.4 is 11.3 Å². The van der Waals surface area contributed by atoms with E-state index in [0.717, 1.165) is 15.6 Å². The van der Waals surface area contributed by atoms with E-state index in [2.05, 4.69) is 5.43 Å². The number of nitrogens with one attached hydrogen (secondary N) is 1. The first-order valence-corrected chi connectivity index (χ1v) is 7.65. The Hall–Kier alpha value is -1.47. The van der Waals surface area contributed by atoms with Gasteiger partial charge in [-0.05, 0) is 25.3 Å². The van der Waals surface area contributed by atoms with Gasteiger partial charge in [0, 0.05) is 10.3 Å². The summed E-state index contributed by atoms with van der Waals surface area (Å²) in [7, 11) is 0. The van der Waals surface area contributed by atoms with E-state index < -0.39 is 0 Å². The average molecular weight is 308 g/mol. The van der Waals surface area contributed by atoms with Crippen LogP contribution in [0.15, 0.2) is 24.3 Å². The van der Waals surface area contributed by atoms with Gasteiger partial charge in [-0.1, -0.05) is 18.2 Å². The predicted molar refractivity (Wildman–Crippen MR) is 84.2 cm³/mol. The molecule has 0 atom stereocenters. The molecule has 1 amide bonds. The Morgan fingerprint density at radius 2 is 2.10 bits per heavy atom. The Labute approximate surface area is 128 Å². The molecule has 0 bridgehead atoms. The number of rotatable bonds is 7. The SMILES string of the molecule is CC(C)OCCOCc1c(C(=O)NN)sc2ccccc12. The Morgan fingerprint density at radius 1 is 1.33 bits per heavy atom. The van der Waals surface area contributed by atoms with Crippen molar-refractivity contribution in [1.29, 1.82) is 0 Å². The summed E-state index contributed by atoms with van der Waals surface area (Å²) in [5.41, 5.74) is 3.07. The van der Waals surface area contributed by atoms with E-state index in [1.54, 1.807) is 0 Å². The molecule has 2 aromatic rings. The summed E-state index contributed by atoms with van der Waals surface area (Å²) >= 11 is 1.42. The Balaban J connectivity index is 2.11. The average Bonchev–Trinajstić information content (AvgIpc) is 2.85. The third kappa shape index (κ3) is 4.01. The van der Waals surface area contributed by atoms with Gasteiger partial charge in [-0.3, -0.25) is 10.2 Å². The summed E-state index contributed by atoms with van der Waals surface area (Å²) in [6, 6.07) is 7.87. The maximum Gasteiger partial charge on any atom is 0.275 e. The first-order chi connectivity index (χ1) is 10.1. The zero-order chi connectivity index (χ0) is 15.2. The van der Waals surface area contributed by atoms with Crippen LogP contribution in [0, 0.1) is 0 Å². The van der Waals surface area contributed by atoms with Crippen LogP contribution >= 0.6 is 11.3 Å². The van der Waals surface area contributed by atoms with Gasteiger partial charge < -0.3 is 9.47 Å². The van der Waals surface area contributed by atoms with Crippen molar-refractivity contribution < 1.29 is 14.3 Å². The van der Waals surface area contributed by atoms with Gasteiger partial charge >= 0.3 is 0 Å². The van der Waals surface area contributed by atoms with Gasteiger partial charge in [-0.25, -0.2) is 5.84 Å². The number of carbonyl (C=O) groups excluding carboxylic acids is 1. The molecule has 114 valence electrons. The van der Waals surface area contributed by atoms with Gasteiger partial charge in [0.2, 0.25) is 0 Å². The van der Waals surface area contributed by atoms with E-state index in [1.165, 1.54) is 11.3 Å². The van der Waals surface area contributed by atoms with Crippen LogP contribution in [0.25, 0.3) is 10.1 Å². The van der Waals surface area contributed by atoms with Crippen molar-refractivity contribution in [2.24, 2.45) is 5.84 Å². The molecule has 3 N–H and O–H groups in total. The van der Waals surface area contributed by atoms with Gasteiger partial charge in [0.15, 0.2) is 0 Å². The monoisotopic (exact) mass is 308 g/mol. The second kappa shape index (κ2) is 7.51. The summed E-state index contributed by atoms with van der Waals surface area (Å²) in [5.74, 6) is 4.97. The number of ether oxygens (including phenoxy) is 2. The zero-order valence-corrected chi connectivity index (χ0v) is 13.0. The smallest absolute Gasteiger partial charge is 0.275 e. The van der Waals surface area contributed by atoms with E-state index in [4.69, 9.17) is 15.3 Å². The number of benzene rings is 1. The number of hydrogen-bond acceptors (Lipinski definition) is 5. The minimum atomic E-state index is -0.284. The molecule has 0 fully saturated rings. The maximum absolute atomic E-state index is 11.9.